The van der Waals surface area contributed by atoms with E-state index in [9.17, 15) is 0 Å². The van der Waals surface area contributed by atoms with Crippen molar-refractivity contribution >= 4 is 15.9 Å². The number of hydrogen-bond donors (Lipinski definition) is 0. The largest absolute Gasteiger partial charge is 0.0619 e. The molecular formula is C30H33Br. The second kappa shape index (κ2) is 6.13. The minimum atomic E-state index is -0.0455. The predicted octanol–water partition coefficient (Wildman–Crippen LogP) is 8.38. The summed E-state index contributed by atoms with van der Waals surface area (Å²) in [7, 11) is 0. The Kier molecular flexibility index (Phi) is 4.16. The summed E-state index contributed by atoms with van der Waals surface area (Å²) < 4.78 is 1.16. The fourth-order valence-electron chi connectivity index (χ4n) is 6.40. The van der Waals surface area contributed by atoms with Crippen LogP contribution in [0.25, 0.3) is 0 Å². The Balaban J connectivity index is 1.88. The highest BCUT2D eigenvalue weighted by Crippen LogP contribution is 2.56. The lowest BCUT2D eigenvalue weighted by Crippen LogP contribution is -2.41. The summed E-state index contributed by atoms with van der Waals surface area (Å²) >= 11 is 3.73. The van der Waals surface area contributed by atoms with Gasteiger partial charge in [0.1, 0.15) is 0 Å². The van der Waals surface area contributed by atoms with Crippen LogP contribution in [0.1, 0.15) is 99.9 Å². The fraction of sp³-hybridized carbons (Fsp3) is 0.400. The standard InChI is InChI=1S/C30H33Br/c1-27(2)19-11-9-10-12-20(19)28(3,4)24-17-26-25(16-23(24)27)29(5,6)21-14-13-18(31)15-22(21)30(26,7)8/h9-17H,1-8H3. The molecule has 0 amide bonds. The van der Waals surface area contributed by atoms with Gasteiger partial charge in [-0.2, -0.15) is 0 Å². The zero-order valence-electron chi connectivity index (χ0n) is 20.1. The lowest BCUT2D eigenvalue weighted by molar-refractivity contribution is 0.492. The lowest BCUT2D eigenvalue weighted by Gasteiger charge is -2.49. The van der Waals surface area contributed by atoms with E-state index in [4.69, 9.17) is 0 Å². The molecule has 5 rings (SSSR count). The predicted molar refractivity (Wildman–Crippen MR) is 136 cm³/mol. The number of hydrogen-bond acceptors (Lipinski definition) is 0. The minimum Gasteiger partial charge on any atom is -0.0619 e. The van der Waals surface area contributed by atoms with Crippen LogP contribution >= 0.6 is 15.9 Å². The summed E-state index contributed by atoms with van der Waals surface area (Å²) in [4.78, 5) is 0. The molecule has 3 aromatic carbocycles. The molecule has 0 spiro atoms. The van der Waals surface area contributed by atoms with Crippen molar-refractivity contribution in [2.45, 2.75) is 77.0 Å². The van der Waals surface area contributed by atoms with Crippen LogP contribution in [-0.4, -0.2) is 0 Å². The molecule has 0 aliphatic heterocycles. The zero-order chi connectivity index (χ0) is 22.6. The van der Waals surface area contributed by atoms with Crippen LogP contribution in [-0.2, 0) is 21.7 Å². The molecule has 0 N–H and O–H groups in total. The van der Waals surface area contributed by atoms with Crippen LogP contribution < -0.4 is 0 Å². The van der Waals surface area contributed by atoms with E-state index < -0.39 is 0 Å². The number of fused-ring (bicyclic) bond motifs is 4. The summed E-state index contributed by atoms with van der Waals surface area (Å²) in [5.41, 5.74) is 11.6. The Morgan fingerprint density at radius 1 is 0.419 bits per heavy atom. The summed E-state index contributed by atoms with van der Waals surface area (Å²) in [6.45, 7) is 19.2. The Morgan fingerprint density at radius 3 is 1.16 bits per heavy atom. The second-order valence-electron chi connectivity index (χ2n) is 11.7. The van der Waals surface area contributed by atoms with Gasteiger partial charge in [0.15, 0.2) is 0 Å². The van der Waals surface area contributed by atoms with Crippen molar-refractivity contribution in [3.05, 3.63) is 104 Å². The smallest absolute Gasteiger partial charge is 0.0178 e. The van der Waals surface area contributed by atoms with E-state index in [-0.39, 0.29) is 21.7 Å². The van der Waals surface area contributed by atoms with Crippen LogP contribution in [0.4, 0.5) is 0 Å². The SMILES string of the molecule is CC1(C)c2ccccc2C(C)(C)c2cc3c(cc21)C(C)(C)c1ccc(Br)cc1C3(C)C. The molecule has 1 heteroatoms. The van der Waals surface area contributed by atoms with E-state index in [0.29, 0.717) is 0 Å². The Hall–Kier alpha value is -1.86. The molecule has 0 aromatic heterocycles. The molecule has 0 heterocycles. The average Bonchev–Trinajstić information content (AvgIpc) is 2.71. The Morgan fingerprint density at radius 2 is 0.742 bits per heavy atom. The molecule has 3 aromatic rings. The maximum atomic E-state index is 3.73. The molecule has 0 fully saturated rings. The molecule has 0 atom stereocenters. The molecule has 0 saturated carbocycles. The number of rotatable bonds is 0. The Bertz CT molecular complexity index is 1240. The molecule has 0 radical (unpaired) electrons. The highest BCUT2D eigenvalue weighted by Gasteiger charge is 2.47. The molecule has 0 bridgehead atoms. The van der Waals surface area contributed by atoms with Crippen molar-refractivity contribution in [1.82, 2.24) is 0 Å². The third-order valence-corrected chi connectivity index (χ3v) is 8.95. The molecule has 160 valence electrons. The van der Waals surface area contributed by atoms with Gasteiger partial charge in [-0.1, -0.05) is 114 Å². The van der Waals surface area contributed by atoms with Crippen molar-refractivity contribution in [2.75, 3.05) is 0 Å². The first-order valence-corrected chi connectivity index (χ1v) is 12.2. The third-order valence-electron chi connectivity index (χ3n) is 8.45. The first-order valence-electron chi connectivity index (χ1n) is 11.4. The first-order chi connectivity index (χ1) is 14.3. The topological polar surface area (TPSA) is 0 Å². The quantitative estimate of drug-likeness (QED) is 0.308. The van der Waals surface area contributed by atoms with Crippen LogP contribution in [0.5, 0.6) is 0 Å². The summed E-state index contributed by atoms with van der Waals surface area (Å²) in [6.07, 6.45) is 0. The van der Waals surface area contributed by atoms with Gasteiger partial charge < -0.3 is 0 Å². The summed E-state index contributed by atoms with van der Waals surface area (Å²) in [6, 6.07) is 21.1. The van der Waals surface area contributed by atoms with E-state index in [1.54, 1.807) is 0 Å². The van der Waals surface area contributed by atoms with E-state index in [1.807, 2.05) is 0 Å². The van der Waals surface area contributed by atoms with Crippen LogP contribution in [0.15, 0.2) is 59.1 Å². The molecule has 2 aliphatic carbocycles. The third kappa shape index (κ3) is 2.59. The summed E-state index contributed by atoms with van der Waals surface area (Å²) in [5.74, 6) is 0. The van der Waals surface area contributed by atoms with Gasteiger partial charge in [-0.05, 0) is 56.6 Å². The zero-order valence-corrected chi connectivity index (χ0v) is 21.7. The van der Waals surface area contributed by atoms with Gasteiger partial charge in [0.2, 0.25) is 0 Å². The summed E-state index contributed by atoms with van der Waals surface area (Å²) in [5, 5.41) is 0. The maximum Gasteiger partial charge on any atom is 0.0178 e. The van der Waals surface area contributed by atoms with Gasteiger partial charge in [0, 0.05) is 26.1 Å². The molecular weight excluding hydrogens is 440 g/mol. The van der Waals surface area contributed by atoms with Gasteiger partial charge in [-0.25, -0.2) is 0 Å². The van der Waals surface area contributed by atoms with Crippen LogP contribution in [0, 0.1) is 0 Å². The van der Waals surface area contributed by atoms with E-state index in [1.165, 1.54) is 44.5 Å². The van der Waals surface area contributed by atoms with Crippen LogP contribution in [0.3, 0.4) is 0 Å². The fourth-order valence-corrected chi connectivity index (χ4v) is 6.76. The maximum absolute atomic E-state index is 3.73. The normalized spacial score (nSPS) is 20.8. The van der Waals surface area contributed by atoms with Gasteiger partial charge in [-0.3, -0.25) is 0 Å². The monoisotopic (exact) mass is 472 g/mol. The van der Waals surface area contributed by atoms with Crippen molar-refractivity contribution in [2.24, 2.45) is 0 Å². The highest BCUT2D eigenvalue weighted by atomic mass is 79.9. The molecule has 0 saturated heterocycles. The molecule has 0 unspecified atom stereocenters. The van der Waals surface area contributed by atoms with E-state index >= 15 is 0 Å². The van der Waals surface area contributed by atoms with Crippen molar-refractivity contribution in [3.8, 4) is 0 Å². The molecule has 0 nitrogen and oxygen atoms in total. The van der Waals surface area contributed by atoms with Gasteiger partial charge >= 0.3 is 0 Å². The second-order valence-corrected chi connectivity index (χ2v) is 12.6. The minimum absolute atomic E-state index is 0.0172. The highest BCUT2D eigenvalue weighted by molar-refractivity contribution is 9.10. The van der Waals surface area contributed by atoms with E-state index in [2.05, 4.69) is 126 Å². The van der Waals surface area contributed by atoms with Gasteiger partial charge in [0.25, 0.3) is 0 Å². The number of halogens is 1. The van der Waals surface area contributed by atoms with Crippen molar-refractivity contribution in [3.63, 3.8) is 0 Å². The molecule has 31 heavy (non-hydrogen) atoms. The Labute approximate surface area is 196 Å². The molecule has 2 aliphatic rings. The van der Waals surface area contributed by atoms with Crippen LogP contribution in [0.2, 0.25) is 0 Å². The van der Waals surface area contributed by atoms with Crippen molar-refractivity contribution in [1.29, 1.82) is 0 Å². The van der Waals surface area contributed by atoms with Gasteiger partial charge in [0.05, 0.1) is 0 Å². The first kappa shape index (κ1) is 21.0. The van der Waals surface area contributed by atoms with Crippen molar-refractivity contribution < 1.29 is 0 Å². The lowest BCUT2D eigenvalue weighted by atomic mass is 9.55. The average molecular weight is 473 g/mol. The van der Waals surface area contributed by atoms with E-state index in [0.717, 1.165) is 4.47 Å². The van der Waals surface area contributed by atoms with Gasteiger partial charge in [-0.15, -0.1) is 0 Å². The number of benzene rings is 3.